The molecular formula is C15H16O4. The predicted molar refractivity (Wildman–Crippen MR) is 72.7 cm³/mol. The summed E-state index contributed by atoms with van der Waals surface area (Å²) >= 11 is 0. The van der Waals surface area contributed by atoms with Crippen LogP contribution in [0.1, 0.15) is 25.0 Å². The first-order chi connectivity index (χ1) is 8.90. The van der Waals surface area contributed by atoms with E-state index >= 15 is 0 Å². The van der Waals surface area contributed by atoms with Gasteiger partial charge in [0.25, 0.3) is 0 Å². The molecule has 4 heteroatoms. The molecule has 0 unspecified atom stereocenters. The van der Waals surface area contributed by atoms with Gasteiger partial charge in [-0.25, -0.2) is 4.79 Å². The Labute approximate surface area is 111 Å². The van der Waals surface area contributed by atoms with Crippen LogP contribution in [-0.2, 0) is 4.79 Å². The Morgan fingerprint density at radius 1 is 1.26 bits per heavy atom. The molecule has 0 saturated carbocycles. The maximum Gasteiger partial charge on any atom is 0.339 e. The first-order valence-electron chi connectivity index (χ1n) is 6.11. The maximum absolute atomic E-state index is 11.6. The molecule has 0 radical (unpaired) electrons. The second-order valence-electron chi connectivity index (χ2n) is 4.67. The fourth-order valence-corrected chi connectivity index (χ4v) is 1.79. The zero-order valence-corrected chi connectivity index (χ0v) is 11.4. The Bertz CT molecular complexity index is 697. The van der Waals surface area contributed by atoms with Crippen molar-refractivity contribution in [1.29, 1.82) is 0 Å². The highest BCUT2D eigenvalue weighted by Gasteiger charge is 2.12. The van der Waals surface area contributed by atoms with Crippen LogP contribution in [0, 0.1) is 13.8 Å². The highest BCUT2D eigenvalue weighted by molar-refractivity contribution is 5.83. The average molecular weight is 260 g/mol. The number of hydrogen-bond acceptors (Lipinski definition) is 4. The lowest BCUT2D eigenvalue weighted by molar-refractivity contribution is -0.122. The lowest BCUT2D eigenvalue weighted by Gasteiger charge is -2.12. The lowest BCUT2D eigenvalue weighted by Crippen LogP contribution is -2.20. The SMILES string of the molecule is CC(=O)[C@H](C)Oc1ccc2c(C)c(C)c(=O)oc2c1. The van der Waals surface area contributed by atoms with Crippen molar-refractivity contribution >= 4 is 16.8 Å². The van der Waals surface area contributed by atoms with Gasteiger partial charge >= 0.3 is 5.63 Å². The molecule has 19 heavy (non-hydrogen) atoms. The van der Waals surface area contributed by atoms with Gasteiger partial charge in [0, 0.05) is 17.0 Å². The summed E-state index contributed by atoms with van der Waals surface area (Å²) in [5.41, 5.74) is 1.64. The van der Waals surface area contributed by atoms with Crippen molar-refractivity contribution in [2.75, 3.05) is 0 Å². The van der Waals surface area contributed by atoms with Crippen LogP contribution in [0.15, 0.2) is 27.4 Å². The maximum atomic E-state index is 11.6. The number of ether oxygens (including phenoxy) is 1. The van der Waals surface area contributed by atoms with E-state index in [-0.39, 0.29) is 11.4 Å². The molecule has 1 heterocycles. The van der Waals surface area contributed by atoms with E-state index in [0.29, 0.717) is 16.9 Å². The first kappa shape index (κ1) is 13.3. The van der Waals surface area contributed by atoms with E-state index in [1.807, 2.05) is 13.0 Å². The van der Waals surface area contributed by atoms with Crippen molar-refractivity contribution in [1.82, 2.24) is 0 Å². The van der Waals surface area contributed by atoms with E-state index in [1.165, 1.54) is 6.92 Å². The number of aryl methyl sites for hydroxylation is 1. The van der Waals surface area contributed by atoms with Gasteiger partial charge in [-0.1, -0.05) is 0 Å². The summed E-state index contributed by atoms with van der Waals surface area (Å²) in [6, 6.07) is 5.25. The van der Waals surface area contributed by atoms with E-state index < -0.39 is 6.10 Å². The molecule has 2 aromatic rings. The summed E-state index contributed by atoms with van der Waals surface area (Å²) in [6.45, 7) is 6.78. The second-order valence-corrected chi connectivity index (χ2v) is 4.67. The molecule has 0 fully saturated rings. The number of rotatable bonds is 3. The van der Waals surface area contributed by atoms with Crippen molar-refractivity contribution in [2.24, 2.45) is 0 Å². The van der Waals surface area contributed by atoms with E-state index in [2.05, 4.69) is 0 Å². The Morgan fingerprint density at radius 3 is 2.58 bits per heavy atom. The van der Waals surface area contributed by atoms with Gasteiger partial charge in [0.15, 0.2) is 11.9 Å². The minimum Gasteiger partial charge on any atom is -0.483 e. The molecule has 0 spiro atoms. The largest absolute Gasteiger partial charge is 0.483 e. The van der Waals surface area contributed by atoms with E-state index in [9.17, 15) is 9.59 Å². The first-order valence-corrected chi connectivity index (χ1v) is 6.11. The Hall–Kier alpha value is -2.10. The van der Waals surface area contributed by atoms with Crippen molar-refractivity contribution in [2.45, 2.75) is 33.8 Å². The number of carbonyl (C=O) groups excluding carboxylic acids is 1. The third-order valence-electron chi connectivity index (χ3n) is 3.31. The number of Topliss-reactive ketones (excluding diaryl/α,β-unsaturated/α-hetero) is 1. The molecule has 0 N–H and O–H groups in total. The molecule has 0 aliphatic heterocycles. The summed E-state index contributed by atoms with van der Waals surface area (Å²) in [5.74, 6) is 0.461. The van der Waals surface area contributed by atoms with E-state index in [1.54, 1.807) is 26.0 Å². The van der Waals surface area contributed by atoms with Crippen LogP contribution in [0.5, 0.6) is 5.75 Å². The minimum atomic E-state index is -0.518. The molecule has 2 rings (SSSR count). The van der Waals surface area contributed by atoms with E-state index in [4.69, 9.17) is 9.15 Å². The predicted octanol–water partition coefficient (Wildman–Crippen LogP) is 2.77. The van der Waals surface area contributed by atoms with Crippen molar-refractivity contribution in [3.05, 3.63) is 39.7 Å². The van der Waals surface area contributed by atoms with Crippen molar-refractivity contribution < 1.29 is 13.9 Å². The highest BCUT2D eigenvalue weighted by atomic mass is 16.5. The molecule has 1 atom stereocenters. The standard InChI is InChI=1S/C15H16O4/c1-8-9(2)15(17)19-14-7-12(5-6-13(8)14)18-11(4)10(3)16/h5-7,11H,1-4H3/t11-/m0/s1. The van der Waals surface area contributed by atoms with Gasteiger partial charge in [0.05, 0.1) is 0 Å². The molecule has 1 aromatic carbocycles. The summed E-state index contributed by atoms with van der Waals surface area (Å²) in [4.78, 5) is 22.8. The zero-order chi connectivity index (χ0) is 14.2. The quantitative estimate of drug-likeness (QED) is 0.796. The molecule has 0 saturated heterocycles. The molecule has 0 bridgehead atoms. The van der Waals surface area contributed by atoms with Crippen LogP contribution in [0.3, 0.4) is 0 Å². The van der Waals surface area contributed by atoms with Crippen LogP contribution >= 0.6 is 0 Å². The van der Waals surface area contributed by atoms with Gasteiger partial charge in [-0.15, -0.1) is 0 Å². The Kier molecular flexibility index (Phi) is 3.42. The lowest BCUT2D eigenvalue weighted by atomic mass is 10.1. The summed E-state index contributed by atoms with van der Waals surface area (Å²) in [5, 5.41) is 0.875. The third kappa shape index (κ3) is 2.52. The van der Waals surface area contributed by atoms with Crippen LogP contribution in [0.2, 0.25) is 0 Å². The summed E-state index contributed by atoms with van der Waals surface area (Å²) in [6.07, 6.45) is -0.518. The number of carbonyl (C=O) groups is 1. The van der Waals surface area contributed by atoms with Crippen LogP contribution < -0.4 is 10.4 Å². The summed E-state index contributed by atoms with van der Waals surface area (Å²) in [7, 11) is 0. The molecule has 4 nitrogen and oxygen atoms in total. The zero-order valence-electron chi connectivity index (χ0n) is 11.4. The van der Waals surface area contributed by atoms with Gasteiger partial charge in [0.2, 0.25) is 0 Å². The number of fused-ring (bicyclic) bond motifs is 1. The molecule has 100 valence electrons. The van der Waals surface area contributed by atoms with Crippen LogP contribution in [-0.4, -0.2) is 11.9 Å². The number of hydrogen-bond donors (Lipinski definition) is 0. The minimum absolute atomic E-state index is 0.0540. The normalized spacial score (nSPS) is 12.4. The van der Waals surface area contributed by atoms with Gasteiger partial charge in [-0.3, -0.25) is 4.79 Å². The highest BCUT2D eigenvalue weighted by Crippen LogP contribution is 2.24. The number of benzene rings is 1. The van der Waals surface area contributed by atoms with Gasteiger partial charge in [-0.2, -0.15) is 0 Å². The smallest absolute Gasteiger partial charge is 0.339 e. The van der Waals surface area contributed by atoms with Gasteiger partial charge in [-0.05, 0) is 45.4 Å². The molecule has 1 aromatic heterocycles. The monoisotopic (exact) mass is 260 g/mol. The Morgan fingerprint density at radius 2 is 1.95 bits per heavy atom. The fourth-order valence-electron chi connectivity index (χ4n) is 1.79. The van der Waals surface area contributed by atoms with Gasteiger partial charge < -0.3 is 9.15 Å². The molecular weight excluding hydrogens is 244 g/mol. The summed E-state index contributed by atoms with van der Waals surface area (Å²) < 4.78 is 10.7. The van der Waals surface area contributed by atoms with Crippen molar-refractivity contribution in [3.8, 4) is 5.75 Å². The Balaban J connectivity index is 2.50. The second kappa shape index (κ2) is 4.88. The molecule has 0 amide bonds. The van der Waals surface area contributed by atoms with Crippen molar-refractivity contribution in [3.63, 3.8) is 0 Å². The van der Waals surface area contributed by atoms with E-state index in [0.717, 1.165) is 10.9 Å². The molecule has 0 aliphatic carbocycles. The topological polar surface area (TPSA) is 56.5 Å². The average Bonchev–Trinajstić information content (AvgIpc) is 2.35. The number of ketones is 1. The van der Waals surface area contributed by atoms with Crippen LogP contribution in [0.4, 0.5) is 0 Å². The van der Waals surface area contributed by atoms with Crippen LogP contribution in [0.25, 0.3) is 11.0 Å². The van der Waals surface area contributed by atoms with Gasteiger partial charge in [0.1, 0.15) is 11.3 Å². The third-order valence-corrected chi connectivity index (χ3v) is 3.31. The molecule has 0 aliphatic rings. The fraction of sp³-hybridized carbons (Fsp3) is 0.333.